The minimum absolute atomic E-state index is 0.361. The van der Waals surface area contributed by atoms with E-state index < -0.39 is 0 Å². The molecule has 1 aromatic carbocycles. The quantitative estimate of drug-likeness (QED) is 0.631. The van der Waals surface area contributed by atoms with E-state index in [2.05, 4.69) is 4.98 Å². The van der Waals surface area contributed by atoms with Gasteiger partial charge in [0.05, 0.1) is 17.8 Å². The molecule has 0 atom stereocenters. The summed E-state index contributed by atoms with van der Waals surface area (Å²) >= 11 is 6.07. The largest absolute Gasteiger partial charge is 0.463 e. The topological polar surface area (TPSA) is 39.2 Å². The van der Waals surface area contributed by atoms with Crippen molar-refractivity contribution in [1.29, 1.82) is 0 Å². The molecule has 0 bridgehead atoms. The molecule has 0 saturated carbocycles. The molecule has 0 fully saturated rings. The van der Waals surface area contributed by atoms with Crippen LogP contribution < -0.4 is 0 Å². The predicted octanol–water partition coefficient (Wildman–Crippen LogP) is 4.08. The van der Waals surface area contributed by atoms with Crippen molar-refractivity contribution in [2.75, 3.05) is 6.61 Å². The van der Waals surface area contributed by atoms with E-state index in [1.165, 1.54) is 6.08 Å². The molecule has 0 N–H and O–H groups in total. The van der Waals surface area contributed by atoms with Crippen LogP contribution in [-0.4, -0.2) is 17.6 Å². The summed E-state index contributed by atoms with van der Waals surface area (Å²) in [6.07, 6.45) is 3.06. The number of hydrogen-bond donors (Lipinski definition) is 0. The first kappa shape index (κ1) is 14.5. The fourth-order valence-electron chi connectivity index (χ4n) is 2.07. The van der Waals surface area contributed by atoms with Gasteiger partial charge in [0.15, 0.2) is 0 Å². The van der Waals surface area contributed by atoms with E-state index >= 15 is 0 Å². The van der Waals surface area contributed by atoms with Crippen molar-refractivity contribution in [1.82, 2.24) is 4.98 Å². The lowest BCUT2D eigenvalue weighted by Crippen LogP contribution is -1.99. The number of rotatable bonds is 3. The minimum atomic E-state index is -0.361. The van der Waals surface area contributed by atoms with Gasteiger partial charge in [0.1, 0.15) is 0 Å². The van der Waals surface area contributed by atoms with Crippen molar-refractivity contribution in [3.63, 3.8) is 0 Å². The first-order valence-corrected chi connectivity index (χ1v) is 6.81. The zero-order valence-corrected chi connectivity index (χ0v) is 12.5. The molecule has 1 heterocycles. The van der Waals surface area contributed by atoms with Gasteiger partial charge in [-0.05, 0) is 56.2 Å². The smallest absolute Gasteiger partial charge is 0.330 e. The lowest BCUT2D eigenvalue weighted by atomic mass is 10.1. The third kappa shape index (κ3) is 3.17. The number of esters is 1. The number of pyridine rings is 1. The van der Waals surface area contributed by atoms with Gasteiger partial charge in [0.25, 0.3) is 0 Å². The maximum absolute atomic E-state index is 11.3. The van der Waals surface area contributed by atoms with Gasteiger partial charge < -0.3 is 4.74 Å². The highest BCUT2D eigenvalue weighted by molar-refractivity contribution is 6.31. The van der Waals surface area contributed by atoms with Gasteiger partial charge in [-0.15, -0.1) is 0 Å². The van der Waals surface area contributed by atoms with Crippen LogP contribution in [-0.2, 0) is 9.53 Å². The average Bonchev–Trinajstić information content (AvgIpc) is 2.38. The van der Waals surface area contributed by atoms with E-state index in [-0.39, 0.29) is 5.97 Å². The van der Waals surface area contributed by atoms with Gasteiger partial charge in [0, 0.05) is 16.5 Å². The summed E-state index contributed by atoms with van der Waals surface area (Å²) in [5.74, 6) is -0.361. The molecular weight excluding hydrogens is 274 g/mol. The van der Waals surface area contributed by atoms with Crippen molar-refractivity contribution in [2.24, 2.45) is 0 Å². The maximum atomic E-state index is 11.3. The second kappa shape index (κ2) is 6.06. The Morgan fingerprint density at radius 1 is 1.30 bits per heavy atom. The number of carbonyl (C=O) groups excluding carboxylic acids is 1. The molecule has 0 unspecified atom stereocenters. The molecule has 2 rings (SSSR count). The molecule has 1 aromatic heterocycles. The number of carbonyl (C=O) groups is 1. The van der Waals surface area contributed by atoms with E-state index in [1.54, 1.807) is 13.0 Å². The summed E-state index contributed by atoms with van der Waals surface area (Å²) in [7, 11) is 0. The Kier molecular flexibility index (Phi) is 4.40. The minimum Gasteiger partial charge on any atom is -0.463 e. The zero-order valence-electron chi connectivity index (χ0n) is 11.7. The molecule has 0 amide bonds. The number of benzene rings is 1. The summed E-state index contributed by atoms with van der Waals surface area (Å²) in [4.78, 5) is 15.9. The highest BCUT2D eigenvalue weighted by atomic mass is 35.5. The predicted molar refractivity (Wildman–Crippen MR) is 81.9 cm³/mol. The summed E-state index contributed by atoms with van der Waals surface area (Å²) < 4.78 is 4.85. The molecular formula is C16H16ClNO2. The molecule has 0 saturated heterocycles. The van der Waals surface area contributed by atoms with Crippen molar-refractivity contribution in [2.45, 2.75) is 20.8 Å². The van der Waals surface area contributed by atoms with Crippen molar-refractivity contribution in [3.05, 3.63) is 46.1 Å². The highest BCUT2D eigenvalue weighted by Gasteiger charge is 2.06. The van der Waals surface area contributed by atoms with E-state index in [0.717, 1.165) is 27.7 Å². The Morgan fingerprint density at radius 3 is 2.75 bits per heavy atom. The van der Waals surface area contributed by atoms with Crippen LogP contribution in [0, 0.1) is 13.8 Å². The van der Waals surface area contributed by atoms with Crippen LogP contribution in [0.25, 0.3) is 17.0 Å². The number of halogens is 1. The van der Waals surface area contributed by atoms with Crippen LogP contribution in [0.1, 0.15) is 23.7 Å². The lowest BCUT2D eigenvalue weighted by Gasteiger charge is -2.07. The Morgan fingerprint density at radius 2 is 2.05 bits per heavy atom. The molecule has 0 aliphatic rings. The van der Waals surface area contributed by atoms with Crippen LogP contribution in [0.5, 0.6) is 0 Å². The third-order valence-corrected chi connectivity index (χ3v) is 3.19. The van der Waals surface area contributed by atoms with Gasteiger partial charge in [-0.3, -0.25) is 0 Å². The maximum Gasteiger partial charge on any atom is 0.330 e. The van der Waals surface area contributed by atoms with E-state index in [1.807, 2.05) is 32.0 Å². The van der Waals surface area contributed by atoms with Crippen LogP contribution >= 0.6 is 11.6 Å². The summed E-state index contributed by atoms with van der Waals surface area (Å²) in [6.45, 7) is 6.11. The van der Waals surface area contributed by atoms with Crippen molar-refractivity contribution >= 4 is 34.5 Å². The van der Waals surface area contributed by atoms with Gasteiger partial charge in [-0.2, -0.15) is 0 Å². The fourth-order valence-corrected chi connectivity index (χ4v) is 2.35. The highest BCUT2D eigenvalue weighted by Crippen LogP contribution is 2.25. The molecule has 0 radical (unpaired) electrons. The number of hydrogen-bond acceptors (Lipinski definition) is 3. The number of aromatic nitrogens is 1. The van der Waals surface area contributed by atoms with Crippen molar-refractivity contribution < 1.29 is 9.53 Å². The van der Waals surface area contributed by atoms with E-state index in [4.69, 9.17) is 16.3 Å². The van der Waals surface area contributed by atoms with E-state index in [0.29, 0.717) is 11.6 Å². The Labute approximate surface area is 123 Å². The van der Waals surface area contributed by atoms with Gasteiger partial charge in [-0.25, -0.2) is 9.78 Å². The number of fused-ring (bicyclic) bond motifs is 1. The summed E-state index contributed by atoms with van der Waals surface area (Å²) in [6, 6.07) is 5.72. The van der Waals surface area contributed by atoms with E-state index in [9.17, 15) is 4.79 Å². The SMILES string of the molecule is CCOC(=O)/C=C/c1cc(C)c2cc(Cl)cc(C)c2n1. The molecule has 3 nitrogen and oxygen atoms in total. The van der Waals surface area contributed by atoms with Gasteiger partial charge in [-0.1, -0.05) is 11.6 Å². The summed E-state index contributed by atoms with van der Waals surface area (Å²) in [5, 5.41) is 1.73. The standard InChI is InChI=1S/C16H16ClNO2/c1-4-20-15(19)6-5-13-8-10(2)14-9-12(17)7-11(3)16(14)18-13/h5-9H,4H2,1-3H3/b6-5+. The molecule has 0 aliphatic heterocycles. The molecule has 104 valence electrons. The second-order valence-electron chi connectivity index (χ2n) is 4.57. The monoisotopic (exact) mass is 289 g/mol. The Hall–Kier alpha value is -1.87. The number of nitrogens with zero attached hydrogens (tertiary/aromatic N) is 1. The number of ether oxygens (including phenoxy) is 1. The molecule has 20 heavy (non-hydrogen) atoms. The normalized spacial score (nSPS) is 11.2. The fraction of sp³-hybridized carbons (Fsp3) is 0.250. The second-order valence-corrected chi connectivity index (χ2v) is 5.00. The Bertz CT molecular complexity index is 692. The summed E-state index contributed by atoms with van der Waals surface area (Å²) in [5.41, 5.74) is 3.72. The lowest BCUT2D eigenvalue weighted by molar-refractivity contribution is -0.137. The number of aryl methyl sites for hydroxylation is 2. The first-order valence-electron chi connectivity index (χ1n) is 6.43. The average molecular weight is 290 g/mol. The van der Waals surface area contributed by atoms with Crippen LogP contribution in [0.2, 0.25) is 5.02 Å². The van der Waals surface area contributed by atoms with Crippen LogP contribution in [0.3, 0.4) is 0 Å². The first-order chi connectivity index (χ1) is 9.51. The zero-order chi connectivity index (χ0) is 14.7. The molecule has 4 heteroatoms. The van der Waals surface area contributed by atoms with Crippen LogP contribution in [0.15, 0.2) is 24.3 Å². The van der Waals surface area contributed by atoms with Crippen LogP contribution in [0.4, 0.5) is 0 Å². The van der Waals surface area contributed by atoms with Gasteiger partial charge in [0.2, 0.25) is 0 Å². The molecule has 2 aromatic rings. The van der Waals surface area contributed by atoms with Gasteiger partial charge >= 0.3 is 5.97 Å². The molecule has 0 aliphatic carbocycles. The Balaban J connectivity index is 2.45. The molecule has 0 spiro atoms. The van der Waals surface area contributed by atoms with Crippen molar-refractivity contribution in [3.8, 4) is 0 Å². The third-order valence-electron chi connectivity index (χ3n) is 2.97.